The van der Waals surface area contributed by atoms with Crippen LogP contribution in [-0.4, -0.2) is 66.2 Å². The molecule has 0 atom stereocenters. The van der Waals surface area contributed by atoms with Crippen LogP contribution in [0.15, 0.2) is 42.7 Å². The number of nitrogens with one attached hydrogen (secondary N) is 2. The lowest BCUT2D eigenvalue weighted by molar-refractivity contribution is 0.0823. The SMILES string of the molecule is COc1nc(Nc2cc(-c3ccc(OC4CCNCC4)c(C#N)c3)ncn2)ccc1C(=O)N(C)C. The van der Waals surface area contributed by atoms with Crippen molar-refractivity contribution in [3.8, 4) is 29.0 Å². The maximum atomic E-state index is 12.3. The number of hydrogen-bond donors (Lipinski definition) is 2. The molecule has 3 heterocycles. The van der Waals surface area contributed by atoms with Gasteiger partial charge in [0.05, 0.1) is 18.4 Å². The molecule has 0 unspecified atom stereocenters. The second-order valence-corrected chi connectivity index (χ2v) is 8.26. The van der Waals surface area contributed by atoms with Crippen molar-refractivity contribution in [2.45, 2.75) is 18.9 Å². The van der Waals surface area contributed by atoms with Gasteiger partial charge in [0.1, 0.15) is 41.4 Å². The van der Waals surface area contributed by atoms with Gasteiger partial charge >= 0.3 is 0 Å². The number of ether oxygens (including phenoxy) is 2. The highest BCUT2D eigenvalue weighted by Crippen LogP contribution is 2.28. The number of nitriles is 1. The van der Waals surface area contributed by atoms with Crippen molar-refractivity contribution in [2.24, 2.45) is 0 Å². The maximum absolute atomic E-state index is 12.3. The van der Waals surface area contributed by atoms with E-state index in [1.807, 2.05) is 12.1 Å². The van der Waals surface area contributed by atoms with E-state index in [4.69, 9.17) is 9.47 Å². The number of methoxy groups -OCH3 is 1. The topological polar surface area (TPSA) is 125 Å². The summed E-state index contributed by atoms with van der Waals surface area (Å²) < 4.78 is 11.4. The number of piperidine rings is 1. The Morgan fingerprint density at radius 3 is 2.66 bits per heavy atom. The number of carbonyl (C=O) groups excluding carboxylic acids is 1. The number of carbonyl (C=O) groups is 1. The van der Waals surface area contributed by atoms with Crippen molar-refractivity contribution in [3.05, 3.63) is 53.9 Å². The number of benzene rings is 1. The molecule has 2 aromatic heterocycles. The highest BCUT2D eigenvalue weighted by atomic mass is 16.5. The summed E-state index contributed by atoms with van der Waals surface area (Å²) in [4.78, 5) is 26.8. The van der Waals surface area contributed by atoms with E-state index in [9.17, 15) is 10.1 Å². The Morgan fingerprint density at radius 2 is 1.94 bits per heavy atom. The number of nitrogens with zero attached hydrogens (tertiary/aromatic N) is 5. The van der Waals surface area contributed by atoms with E-state index in [-0.39, 0.29) is 17.9 Å². The highest BCUT2D eigenvalue weighted by molar-refractivity contribution is 5.96. The Kier molecular flexibility index (Phi) is 7.38. The predicted octanol–water partition coefficient (Wildman–Crippen LogP) is 3.00. The fraction of sp³-hybridized carbons (Fsp3) is 0.320. The molecule has 0 radical (unpaired) electrons. The second-order valence-electron chi connectivity index (χ2n) is 8.26. The van der Waals surface area contributed by atoms with Crippen LogP contribution < -0.4 is 20.1 Å². The summed E-state index contributed by atoms with van der Waals surface area (Å²) in [5.41, 5.74) is 2.23. The molecule has 0 spiro atoms. The van der Waals surface area contributed by atoms with Gasteiger partial charge in [0.2, 0.25) is 5.88 Å². The number of rotatable bonds is 7. The lowest BCUT2D eigenvalue weighted by Crippen LogP contribution is -2.34. The van der Waals surface area contributed by atoms with Crippen LogP contribution in [0.4, 0.5) is 11.6 Å². The minimum Gasteiger partial charge on any atom is -0.489 e. The van der Waals surface area contributed by atoms with Gasteiger partial charge in [-0.2, -0.15) is 10.2 Å². The summed E-state index contributed by atoms with van der Waals surface area (Å²) in [7, 11) is 4.80. The fourth-order valence-electron chi connectivity index (χ4n) is 3.76. The number of amides is 1. The fourth-order valence-corrected chi connectivity index (χ4v) is 3.76. The first-order chi connectivity index (χ1) is 17.0. The molecular formula is C25H27N7O3. The summed E-state index contributed by atoms with van der Waals surface area (Å²) in [6, 6.07) is 12.8. The molecule has 10 heteroatoms. The molecule has 2 N–H and O–H groups in total. The van der Waals surface area contributed by atoms with Gasteiger partial charge in [-0.25, -0.2) is 9.97 Å². The molecule has 4 rings (SSSR count). The highest BCUT2D eigenvalue weighted by Gasteiger charge is 2.18. The molecule has 3 aromatic rings. The molecule has 0 aliphatic carbocycles. The van der Waals surface area contributed by atoms with Gasteiger partial charge in [-0.3, -0.25) is 4.79 Å². The van der Waals surface area contributed by atoms with E-state index in [2.05, 4.69) is 31.7 Å². The molecule has 1 aliphatic rings. The zero-order chi connectivity index (χ0) is 24.8. The smallest absolute Gasteiger partial charge is 0.258 e. The normalized spacial score (nSPS) is 13.5. The third-order valence-electron chi connectivity index (χ3n) is 5.59. The molecule has 35 heavy (non-hydrogen) atoms. The van der Waals surface area contributed by atoms with E-state index in [0.29, 0.717) is 34.2 Å². The van der Waals surface area contributed by atoms with Gasteiger partial charge in [-0.15, -0.1) is 0 Å². The Hall–Kier alpha value is -4.23. The lowest BCUT2D eigenvalue weighted by atomic mass is 10.1. The van der Waals surface area contributed by atoms with Crippen LogP contribution in [0, 0.1) is 11.3 Å². The third-order valence-corrected chi connectivity index (χ3v) is 5.59. The molecule has 1 amide bonds. The Bertz CT molecular complexity index is 1250. The number of aromatic nitrogens is 3. The Labute approximate surface area is 203 Å². The quantitative estimate of drug-likeness (QED) is 0.533. The molecule has 1 aliphatic heterocycles. The first-order valence-corrected chi connectivity index (χ1v) is 11.3. The van der Waals surface area contributed by atoms with Crippen LogP contribution in [0.1, 0.15) is 28.8 Å². The van der Waals surface area contributed by atoms with E-state index in [1.165, 1.54) is 18.3 Å². The standard InChI is InChI=1S/C25H27N7O3/c1-32(2)25(33)19-5-7-22(31-24(19)34-3)30-23-13-20(28-15-29-23)16-4-6-21(17(12-16)14-26)35-18-8-10-27-11-9-18/h4-7,12-13,15,18,27H,8-11H2,1-3H3,(H,28,29,30,31). The summed E-state index contributed by atoms with van der Waals surface area (Å²) in [5.74, 6) is 1.56. The minimum absolute atomic E-state index is 0.105. The van der Waals surface area contributed by atoms with E-state index >= 15 is 0 Å². The monoisotopic (exact) mass is 473 g/mol. The first kappa shape index (κ1) is 23.9. The van der Waals surface area contributed by atoms with Gasteiger partial charge < -0.3 is 25.0 Å². The largest absolute Gasteiger partial charge is 0.489 e. The van der Waals surface area contributed by atoms with Crippen LogP contribution in [-0.2, 0) is 0 Å². The van der Waals surface area contributed by atoms with Gasteiger partial charge in [-0.1, -0.05) is 0 Å². The van der Waals surface area contributed by atoms with E-state index in [1.54, 1.807) is 38.4 Å². The van der Waals surface area contributed by atoms with E-state index in [0.717, 1.165) is 31.5 Å². The van der Waals surface area contributed by atoms with Crippen LogP contribution in [0.3, 0.4) is 0 Å². The number of hydrogen-bond acceptors (Lipinski definition) is 9. The summed E-state index contributed by atoms with van der Waals surface area (Å²) in [6.45, 7) is 1.83. The zero-order valence-corrected chi connectivity index (χ0v) is 19.9. The van der Waals surface area contributed by atoms with Crippen LogP contribution in [0.5, 0.6) is 11.6 Å². The zero-order valence-electron chi connectivity index (χ0n) is 19.9. The first-order valence-electron chi connectivity index (χ1n) is 11.3. The van der Waals surface area contributed by atoms with Crippen molar-refractivity contribution < 1.29 is 14.3 Å². The average Bonchev–Trinajstić information content (AvgIpc) is 2.89. The second kappa shape index (κ2) is 10.8. The molecular weight excluding hydrogens is 446 g/mol. The minimum atomic E-state index is -0.203. The summed E-state index contributed by atoms with van der Waals surface area (Å²) in [5, 5.41) is 16.1. The molecule has 10 nitrogen and oxygen atoms in total. The molecule has 0 saturated carbocycles. The Balaban J connectivity index is 1.54. The van der Waals surface area contributed by atoms with Crippen molar-refractivity contribution in [1.29, 1.82) is 5.26 Å². The average molecular weight is 474 g/mol. The maximum Gasteiger partial charge on any atom is 0.258 e. The third kappa shape index (κ3) is 5.65. The van der Waals surface area contributed by atoms with Crippen LogP contribution in [0.2, 0.25) is 0 Å². The molecule has 0 bridgehead atoms. The van der Waals surface area contributed by atoms with Crippen molar-refractivity contribution >= 4 is 17.5 Å². The van der Waals surface area contributed by atoms with Crippen molar-refractivity contribution in [2.75, 3.05) is 39.6 Å². The lowest BCUT2D eigenvalue weighted by Gasteiger charge is -2.24. The number of anilines is 2. The van der Waals surface area contributed by atoms with Gasteiger partial charge in [-0.05, 0) is 56.3 Å². The van der Waals surface area contributed by atoms with Gasteiger partial charge in [0.15, 0.2) is 0 Å². The molecule has 1 aromatic carbocycles. The van der Waals surface area contributed by atoms with Crippen molar-refractivity contribution in [3.63, 3.8) is 0 Å². The summed E-state index contributed by atoms with van der Waals surface area (Å²) in [6.07, 6.45) is 3.37. The van der Waals surface area contributed by atoms with E-state index < -0.39 is 0 Å². The molecule has 1 saturated heterocycles. The number of pyridine rings is 1. The Morgan fingerprint density at radius 1 is 1.14 bits per heavy atom. The summed E-state index contributed by atoms with van der Waals surface area (Å²) >= 11 is 0. The van der Waals surface area contributed by atoms with Crippen molar-refractivity contribution in [1.82, 2.24) is 25.2 Å². The molecule has 180 valence electrons. The van der Waals surface area contributed by atoms with Crippen LogP contribution in [0.25, 0.3) is 11.3 Å². The molecule has 1 fully saturated rings. The van der Waals surface area contributed by atoms with Gasteiger partial charge in [0, 0.05) is 25.7 Å². The van der Waals surface area contributed by atoms with Crippen LogP contribution >= 0.6 is 0 Å². The predicted molar refractivity (Wildman–Crippen MR) is 131 cm³/mol. The van der Waals surface area contributed by atoms with Gasteiger partial charge in [0.25, 0.3) is 5.91 Å².